The predicted octanol–water partition coefficient (Wildman–Crippen LogP) is 2.91. The van der Waals surface area contributed by atoms with Crippen LogP contribution in [0.5, 0.6) is 0 Å². The Morgan fingerprint density at radius 3 is 2.62 bits per heavy atom. The summed E-state index contributed by atoms with van der Waals surface area (Å²) in [6.45, 7) is 1.51. The van der Waals surface area contributed by atoms with Crippen molar-refractivity contribution in [2.24, 2.45) is 0 Å². The van der Waals surface area contributed by atoms with Crippen molar-refractivity contribution < 1.29 is 9.59 Å². The summed E-state index contributed by atoms with van der Waals surface area (Å²) in [6, 6.07) is 7.90. The SMILES string of the molecule is CNCCCNC(=O)c1ccccc1SCC(=O)N(C)C1CCCCC1. The third-order valence-corrected chi connectivity index (χ3v) is 5.95. The molecule has 2 amide bonds. The van der Waals surface area contributed by atoms with Crippen molar-refractivity contribution in [3.63, 3.8) is 0 Å². The molecule has 0 atom stereocenters. The van der Waals surface area contributed by atoms with E-state index in [0.29, 0.717) is 23.9 Å². The van der Waals surface area contributed by atoms with Crippen molar-refractivity contribution in [1.29, 1.82) is 0 Å². The fourth-order valence-electron chi connectivity index (χ4n) is 3.26. The molecular formula is C20H31N3O2S. The average Bonchev–Trinajstić information content (AvgIpc) is 2.69. The van der Waals surface area contributed by atoms with Gasteiger partial charge in [-0.2, -0.15) is 0 Å². The first kappa shape index (κ1) is 20.8. The Morgan fingerprint density at radius 2 is 1.88 bits per heavy atom. The molecule has 0 saturated heterocycles. The summed E-state index contributed by atoms with van der Waals surface area (Å²) >= 11 is 1.46. The van der Waals surface area contributed by atoms with Crippen LogP contribution < -0.4 is 10.6 Å². The lowest BCUT2D eigenvalue weighted by Gasteiger charge is -2.31. The van der Waals surface area contributed by atoms with Crippen LogP contribution in [0.1, 0.15) is 48.9 Å². The van der Waals surface area contributed by atoms with Crippen LogP contribution in [0.15, 0.2) is 29.2 Å². The monoisotopic (exact) mass is 377 g/mol. The van der Waals surface area contributed by atoms with Crippen molar-refractivity contribution in [2.45, 2.75) is 49.5 Å². The molecule has 1 aliphatic rings. The van der Waals surface area contributed by atoms with Crippen LogP contribution in [-0.2, 0) is 4.79 Å². The number of rotatable bonds is 9. The summed E-state index contributed by atoms with van der Waals surface area (Å²) in [5, 5.41) is 6.01. The predicted molar refractivity (Wildman–Crippen MR) is 108 cm³/mol. The summed E-state index contributed by atoms with van der Waals surface area (Å²) < 4.78 is 0. The van der Waals surface area contributed by atoms with Crippen molar-refractivity contribution in [2.75, 3.05) is 32.9 Å². The van der Waals surface area contributed by atoms with Crippen LogP contribution in [-0.4, -0.2) is 55.7 Å². The Bertz CT molecular complexity index is 588. The first-order valence-electron chi connectivity index (χ1n) is 9.53. The van der Waals surface area contributed by atoms with Gasteiger partial charge in [0.2, 0.25) is 5.91 Å². The number of thioether (sulfide) groups is 1. The Morgan fingerprint density at radius 1 is 1.15 bits per heavy atom. The van der Waals surface area contributed by atoms with Gasteiger partial charge >= 0.3 is 0 Å². The van der Waals surface area contributed by atoms with Crippen molar-refractivity contribution >= 4 is 23.6 Å². The summed E-state index contributed by atoms with van der Waals surface area (Å²) in [4.78, 5) is 27.7. The molecule has 1 aromatic rings. The quantitative estimate of drug-likeness (QED) is 0.513. The topological polar surface area (TPSA) is 61.4 Å². The Labute approximate surface area is 161 Å². The van der Waals surface area contributed by atoms with Gasteiger partial charge in [0.05, 0.1) is 11.3 Å². The lowest BCUT2D eigenvalue weighted by molar-refractivity contribution is -0.129. The fourth-order valence-corrected chi connectivity index (χ4v) is 4.23. The lowest BCUT2D eigenvalue weighted by atomic mass is 9.94. The second-order valence-electron chi connectivity index (χ2n) is 6.79. The number of nitrogens with zero attached hydrogens (tertiary/aromatic N) is 1. The van der Waals surface area contributed by atoms with E-state index < -0.39 is 0 Å². The molecule has 2 rings (SSSR count). The van der Waals surface area contributed by atoms with E-state index in [4.69, 9.17) is 0 Å². The molecule has 0 aromatic heterocycles. The van der Waals surface area contributed by atoms with Gasteiger partial charge in [-0.05, 0) is 45.0 Å². The highest BCUT2D eigenvalue weighted by Gasteiger charge is 2.22. The fraction of sp³-hybridized carbons (Fsp3) is 0.600. The summed E-state index contributed by atoms with van der Waals surface area (Å²) in [5.74, 6) is 0.445. The van der Waals surface area contributed by atoms with Crippen LogP contribution in [0.4, 0.5) is 0 Å². The third kappa shape index (κ3) is 6.32. The molecule has 0 radical (unpaired) electrons. The third-order valence-electron chi connectivity index (χ3n) is 4.89. The number of benzene rings is 1. The molecule has 1 aliphatic carbocycles. The number of carbonyl (C=O) groups excluding carboxylic acids is 2. The molecule has 144 valence electrons. The minimum absolute atomic E-state index is 0.0720. The average molecular weight is 378 g/mol. The maximum atomic E-state index is 12.5. The van der Waals surface area contributed by atoms with Gasteiger partial charge in [0.1, 0.15) is 0 Å². The second-order valence-corrected chi connectivity index (χ2v) is 7.81. The molecule has 0 aliphatic heterocycles. The molecular weight excluding hydrogens is 346 g/mol. The molecule has 1 saturated carbocycles. The minimum Gasteiger partial charge on any atom is -0.352 e. The van der Waals surface area contributed by atoms with Crippen LogP contribution in [0.25, 0.3) is 0 Å². The summed E-state index contributed by atoms with van der Waals surface area (Å²) in [6.07, 6.45) is 6.82. The molecule has 6 heteroatoms. The van der Waals surface area contributed by atoms with Gasteiger partial charge in [0.25, 0.3) is 5.91 Å². The van der Waals surface area contributed by atoms with E-state index in [-0.39, 0.29) is 11.8 Å². The van der Waals surface area contributed by atoms with E-state index in [1.807, 2.05) is 43.3 Å². The van der Waals surface area contributed by atoms with Gasteiger partial charge in [-0.1, -0.05) is 31.4 Å². The molecule has 0 unspecified atom stereocenters. The van der Waals surface area contributed by atoms with Crippen LogP contribution in [0.2, 0.25) is 0 Å². The highest BCUT2D eigenvalue weighted by molar-refractivity contribution is 8.00. The second kappa shape index (κ2) is 11.2. The normalized spacial score (nSPS) is 14.8. The molecule has 0 bridgehead atoms. The molecule has 0 spiro atoms. The zero-order valence-electron chi connectivity index (χ0n) is 15.9. The van der Waals surface area contributed by atoms with Gasteiger partial charge in [-0.3, -0.25) is 9.59 Å². The number of carbonyl (C=O) groups is 2. The van der Waals surface area contributed by atoms with E-state index in [2.05, 4.69) is 10.6 Å². The lowest BCUT2D eigenvalue weighted by Crippen LogP contribution is -2.39. The Hall–Kier alpha value is -1.53. The van der Waals surface area contributed by atoms with Gasteiger partial charge < -0.3 is 15.5 Å². The van der Waals surface area contributed by atoms with E-state index in [0.717, 1.165) is 30.7 Å². The largest absolute Gasteiger partial charge is 0.352 e. The van der Waals surface area contributed by atoms with E-state index >= 15 is 0 Å². The maximum absolute atomic E-state index is 12.5. The Kier molecular flexibility index (Phi) is 8.98. The van der Waals surface area contributed by atoms with E-state index in [1.54, 1.807) is 0 Å². The highest BCUT2D eigenvalue weighted by Crippen LogP contribution is 2.25. The van der Waals surface area contributed by atoms with Crippen molar-refractivity contribution in [3.05, 3.63) is 29.8 Å². The van der Waals surface area contributed by atoms with Gasteiger partial charge in [-0.15, -0.1) is 11.8 Å². The number of hydrogen-bond donors (Lipinski definition) is 2. The van der Waals surface area contributed by atoms with Crippen LogP contribution in [0.3, 0.4) is 0 Å². The van der Waals surface area contributed by atoms with E-state index in [1.165, 1.54) is 31.0 Å². The first-order chi connectivity index (χ1) is 12.6. The van der Waals surface area contributed by atoms with Gasteiger partial charge in [-0.25, -0.2) is 0 Å². The molecule has 5 nitrogen and oxygen atoms in total. The zero-order valence-corrected chi connectivity index (χ0v) is 16.7. The van der Waals surface area contributed by atoms with E-state index in [9.17, 15) is 9.59 Å². The van der Waals surface area contributed by atoms with Gasteiger partial charge in [0.15, 0.2) is 0 Å². The molecule has 0 heterocycles. The summed E-state index contributed by atoms with van der Waals surface area (Å²) in [5.41, 5.74) is 0.648. The smallest absolute Gasteiger partial charge is 0.252 e. The molecule has 26 heavy (non-hydrogen) atoms. The van der Waals surface area contributed by atoms with Gasteiger partial charge in [0, 0.05) is 24.5 Å². The van der Waals surface area contributed by atoms with Crippen LogP contribution in [0, 0.1) is 0 Å². The van der Waals surface area contributed by atoms with Crippen LogP contribution >= 0.6 is 11.8 Å². The molecule has 1 aromatic carbocycles. The Balaban J connectivity index is 1.88. The summed E-state index contributed by atoms with van der Waals surface area (Å²) in [7, 11) is 3.81. The zero-order chi connectivity index (χ0) is 18.8. The molecule has 1 fully saturated rings. The maximum Gasteiger partial charge on any atom is 0.252 e. The highest BCUT2D eigenvalue weighted by atomic mass is 32.2. The molecule has 2 N–H and O–H groups in total. The van der Waals surface area contributed by atoms with Crippen molar-refractivity contribution in [3.8, 4) is 0 Å². The number of nitrogens with one attached hydrogen (secondary N) is 2. The first-order valence-corrected chi connectivity index (χ1v) is 10.5. The standard InChI is InChI=1S/C20H31N3O2S/c1-21-13-8-14-22-20(25)17-11-6-7-12-18(17)26-15-19(24)23(2)16-9-4-3-5-10-16/h6-7,11-12,16,21H,3-5,8-10,13-15H2,1-2H3,(H,22,25). The minimum atomic E-state index is -0.0720. The number of hydrogen-bond acceptors (Lipinski definition) is 4. The number of amides is 2. The van der Waals surface area contributed by atoms with Crippen molar-refractivity contribution in [1.82, 2.24) is 15.5 Å².